The maximum Gasteiger partial charge on any atom is 0.373 e. The summed E-state index contributed by atoms with van der Waals surface area (Å²) in [6.45, 7) is 26.8. The van der Waals surface area contributed by atoms with Crippen molar-refractivity contribution in [2.45, 2.75) is 123 Å². The van der Waals surface area contributed by atoms with Crippen molar-refractivity contribution in [1.29, 1.82) is 0 Å². The summed E-state index contributed by atoms with van der Waals surface area (Å²) in [6, 6.07) is 6.19. The molecule has 1 aromatic carbocycles. The van der Waals surface area contributed by atoms with Gasteiger partial charge >= 0.3 is 11.9 Å². The second-order valence-electron chi connectivity index (χ2n) is 22.1. The molecule has 0 aliphatic rings. The Morgan fingerprint density at radius 1 is 0.247 bits per heavy atom. The first kappa shape index (κ1) is 88.3. The summed E-state index contributed by atoms with van der Waals surface area (Å²) in [5.74, 6) is -1.45. The zero-order valence-corrected chi connectivity index (χ0v) is 57.9. The third-order valence-corrected chi connectivity index (χ3v) is 12.9. The van der Waals surface area contributed by atoms with Crippen LogP contribution in [0.3, 0.4) is 0 Å². The molecule has 25 nitrogen and oxygen atoms in total. The van der Waals surface area contributed by atoms with Gasteiger partial charge in [-0.3, -0.25) is 4.89 Å². The number of carbonyl (C=O) groups is 2. The monoisotopic (exact) mass is 1340 g/mol. The summed E-state index contributed by atoms with van der Waals surface area (Å²) in [4.78, 5) is 34.8. The van der Waals surface area contributed by atoms with E-state index in [1.165, 1.54) is 95.6 Å². The zero-order valence-electron chi connectivity index (χ0n) is 57.9. The predicted octanol–water partition coefficient (Wildman–Crippen LogP) is 8.54. The number of rotatable bonds is 78. The molecule has 548 valence electrons. The van der Waals surface area contributed by atoms with Crippen LogP contribution in [-0.4, -0.2) is 288 Å². The number of hydrogen-bond donors (Lipinski definition) is 0. The smallest absolute Gasteiger partial charge is 0.373 e. The Morgan fingerprint density at radius 3 is 0.645 bits per heavy atom. The van der Waals surface area contributed by atoms with E-state index in [2.05, 4.69) is 6.92 Å². The minimum atomic E-state index is -0.784. The molecule has 0 bridgehead atoms. The topological polar surface area (TPSA) is 246 Å². The third-order valence-electron chi connectivity index (χ3n) is 12.9. The van der Waals surface area contributed by atoms with Gasteiger partial charge in [0.05, 0.1) is 269 Å². The Kier molecular flexibility index (Phi) is 69.9. The van der Waals surface area contributed by atoms with Crippen molar-refractivity contribution in [1.82, 2.24) is 0 Å². The molecule has 93 heavy (non-hydrogen) atoms. The molecule has 0 atom stereocenters. The third kappa shape index (κ3) is 69.0. The standard InChI is InChI=1S/C68H126O25/c1-5-6-7-8-9-10-11-12-13-14-15-16-17-20-23-71-24-25-72-26-27-73-28-29-74-30-31-75-32-33-76-34-35-77-36-37-78-38-39-79-40-41-80-42-43-81-44-45-82-46-47-83-48-49-84-50-51-85-52-53-86-54-55-87-56-57-88-58-59-89-60-61-90-62-63-91-66(69)64-21-18-19-22-65(64)67(70)92-93-68(2,3)4/h18-19,21-22H,5-17,20,23-63H2,1-4H3. The molecule has 0 aliphatic heterocycles. The molecular weight excluding hydrogens is 1220 g/mol. The lowest BCUT2D eigenvalue weighted by molar-refractivity contribution is -0.301. The van der Waals surface area contributed by atoms with Gasteiger partial charge in [0.25, 0.3) is 0 Å². The molecule has 0 N–H and O–H groups in total. The average molecular weight is 1340 g/mol. The highest BCUT2D eigenvalue weighted by atomic mass is 17.2. The predicted molar refractivity (Wildman–Crippen MR) is 350 cm³/mol. The van der Waals surface area contributed by atoms with E-state index in [9.17, 15) is 9.59 Å². The molecule has 0 aliphatic carbocycles. The number of benzene rings is 1. The largest absolute Gasteiger partial charge is 0.460 e. The second-order valence-corrected chi connectivity index (χ2v) is 22.1. The van der Waals surface area contributed by atoms with Crippen molar-refractivity contribution in [3.63, 3.8) is 0 Å². The summed E-state index contributed by atoms with van der Waals surface area (Å²) in [6.07, 6.45) is 19.1. The van der Waals surface area contributed by atoms with Crippen molar-refractivity contribution in [3.8, 4) is 0 Å². The van der Waals surface area contributed by atoms with Crippen LogP contribution in [0.2, 0.25) is 0 Å². The zero-order chi connectivity index (χ0) is 66.8. The van der Waals surface area contributed by atoms with Gasteiger partial charge in [0.2, 0.25) is 0 Å². The summed E-state index contributed by atoms with van der Waals surface area (Å²) < 4.78 is 116. The molecule has 0 saturated carbocycles. The minimum Gasteiger partial charge on any atom is -0.460 e. The first-order valence-corrected chi connectivity index (χ1v) is 34.6. The fourth-order valence-electron chi connectivity index (χ4n) is 8.00. The van der Waals surface area contributed by atoms with Crippen LogP contribution in [0.1, 0.15) is 138 Å². The van der Waals surface area contributed by atoms with Crippen LogP contribution < -0.4 is 0 Å². The number of unbranched alkanes of at least 4 members (excludes halogenated alkanes) is 13. The maximum atomic E-state index is 12.5. The Hall–Kier alpha value is -2.68. The molecular formula is C68H126O25. The highest BCUT2D eigenvalue weighted by Crippen LogP contribution is 2.16. The molecule has 0 radical (unpaired) electrons. The molecule has 1 aromatic rings. The van der Waals surface area contributed by atoms with Crippen molar-refractivity contribution in [2.75, 3.05) is 271 Å². The van der Waals surface area contributed by atoms with Crippen LogP contribution in [0.4, 0.5) is 0 Å². The second kappa shape index (κ2) is 73.6. The Morgan fingerprint density at radius 2 is 0.430 bits per heavy atom. The quantitative estimate of drug-likeness (QED) is 0.0256. The highest BCUT2D eigenvalue weighted by Gasteiger charge is 2.22. The highest BCUT2D eigenvalue weighted by molar-refractivity contribution is 6.02. The first-order valence-electron chi connectivity index (χ1n) is 34.6. The van der Waals surface area contributed by atoms with Crippen LogP contribution in [-0.2, 0) is 109 Å². The molecule has 0 spiro atoms. The summed E-state index contributed by atoms with van der Waals surface area (Å²) in [5, 5.41) is 0. The Labute approximate surface area is 558 Å². The van der Waals surface area contributed by atoms with E-state index in [1.807, 2.05) is 0 Å². The van der Waals surface area contributed by atoms with E-state index < -0.39 is 17.5 Å². The van der Waals surface area contributed by atoms with E-state index in [0.717, 1.165) is 13.0 Å². The van der Waals surface area contributed by atoms with E-state index in [1.54, 1.807) is 32.9 Å². The molecule has 1 rings (SSSR count). The molecule has 0 amide bonds. The van der Waals surface area contributed by atoms with Gasteiger partial charge < -0.3 is 99.5 Å². The molecule has 0 unspecified atom stereocenters. The summed E-state index contributed by atoms with van der Waals surface area (Å²) in [7, 11) is 0. The maximum absolute atomic E-state index is 12.5. The van der Waals surface area contributed by atoms with Crippen LogP contribution in [0.25, 0.3) is 0 Å². The Balaban J connectivity index is 1.63. The normalized spacial score (nSPS) is 11.8. The average Bonchev–Trinajstić information content (AvgIpc) is 1.16. The molecule has 0 aromatic heterocycles. The molecule has 0 heterocycles. The van der Waals surface area contributed by atoms with Gasteiger partial charge in [-0.15, -0.1) is 0 Å². The fourth-order valence-corrected chi connectivity index (χ4v) is 8.00. The minimum absolute atomic E-state index is 0.00702. The molecule has 0 saturated heterocycles. The molecule has 25 heteroatoms. The fraction of sp³-hybridized carbons (Fsp3) is 0.882. The number of hydrogen-bond acceptors (Lipinski definition) is 25. The summed E-state index contributed by atoms with van der Waals surface area (Å²) >= 11 is 0. The lowest BCUT2D eigenvalue weighted by Crippen LogP contribution is -2.23. The molecule has 0 fully saturated rings. The number of ether oxygens (including phenoxy) is 21. The summed E-state index contributed by atoms with van der Waals surface area (Å²) in [5.41, 5.74) is -0.573. The van der Waals surface area contributed by atoms with Gasteiger partial charge in [-0.1, -0.05) is 103 Å². The lowest BCUT2D eigenvalue weighted by Gasteiger charge is -2.17. The first-order chi connectivity index (χ1) is 45.8. The van der Waals surface area contributed by atoms with Gasteiger partial charge in [0.1, 0.15) is 12.2 Å². The van der Waals surface area contributed by atoms with Gasteiger partial charge in [-0.25, -0.2) is 9.59 Å². The van der Waals surface area contributed by atoms with Gasteiger partial charge in [-0.2, -0.15) is 4.89 Å². The van der Waals surface area contributed by atoms with Gasteiger partial charge in [0.15, 0.2) is 0 Å². The van der Waals surface area contributed by atoms with Crippen molar-refractivity contribution < 1.29 is 119 Å². The van der Waals surface area contributed by atoms with Crippen LogP contribution in [0, 0.1) is 0 Å². The lowest BCUT2D eigenvalue weighted by atomic mass is 10.0. The van der Waals surface area contributed by atoms with Crippen LogP contribution >= 0.6 is 0 Å². The van der Waals surface area contributed by atoms with E-state index in [4.69, 9.17) is 109 Å². The van der Waals surface area contributed by atoms with E-state index in [-0.39, 0.29) is 24.3 Å². The number of carbonyl (C=O) groups excluding carboxylic acids is 2. The van der Waals surface area contributed by atoms with E-state index in [0.29, 0.717) is 251 Å². The SMILES string of the molecule is CCCCCCCCCCCCCCCCOCCOCCOCCOCCOCCOCCOCCOCCOCCOCCOCCOCCOCCOCCOCCOCCOCCOCCOCCOCCOC(=O)c1ccccc1C(=O)OOC(C)(C)C. The Bertz CT molecular complexity index is 1660. The van der Waals surface area contributed by atoms with Gasteiger partial charge in [-0.05, 0) is 39.3 Å². The van der Waals surface area contributed by atoms with Crippen molar-refractivity contribution in [2.24, 2.45) is 0 Å². The van der Waals surface area contributed by atoms with Crippen molar-refractivity contribution >= 4 is 11.9 Å². The van der Waals surface area contributed by atoms with Crippen LogP contribution in [0.15, 0.2) is 24.3 Å². The number of esters is 1. The van der Waals surface area contributed by atoms with E-state index >= 15 is 0 Å². The van der Waals surface area contributed by atoms with Crippen LogP contribution in [0.5, 0.6) is 0 Å². The van der Waals surface area contributed by atoms with Gasteiger partial charge in [0, 0.05) is 6.61 Å². The van der Waals surface area contributed by atoms with Crippen molar-refractivity contribution in [3.05, 3.63) is 35.4 Å².